The Morgan fingerprint density at radius 1 is 1.35 bits per heavy atom. The maximum absolute atomic E-state index is 12.1. The summed E-state index contributed by atoms with van der Waals surface area (Å²) in [6.45, 7) is 2.74. The van der Waals surface area contributed by atoms with Gasteiger partial charge in [0.05, 0.1) is 5.75 Å². The van der Waals surface area contributed by atoms with E-state index in [0.29, 0.717) is 11.7 Å². The van der Waals surface area contributed by atoms with Crippen LogP contribution in [0.2, 0.25) is 0 Å². The van der Waals surface area contributed by atoms with Gasteiger partial charge in [-0.2, -0.15) is 0 Å². The smallest absolute Gasteiger partial charge is 0.236 e. The fourth-order valence-corrected chi connectivity index (χ4v) is 3.79. The van der Waals surface area contributed by atoms with E-state index in [1.807, 2.05) is 35.9 Å². The molecule has 1 N–H and O–H groups in total. The molecule has 0 bridgehead atoms. The number of nitrogens with zero attached hydrogens (tertiary/aromatic N) is 4. The van der Waals surface area contributed by atoms with Gasteiger partial charge in [-0.3, -0.25) is 10.1 Å². The molecule has 0 radical (unpaired) electrons. The number of aryl methyl sites for hydroxylation is 1. The molecule has 0 spiro atoms. The third-order valence-corrected chi connectivity index (χ3v) is 5.33. The Kier molecular flexibility index (Phi) is 4.76. The monoisotopic (exact) mass is 389 g/mol. The summed E-state index contributed by atoms with van der Waals surface area (Å²) in [5.41, 5.74) is 1.07. The first kappa shape index (κ1) is 16.9. The minimum atomic E-state index is -0.135. The number of anilines is 1. The molecule has 0 aliphatic carbocycles. The van der Waals surface area contributed by atoms with Crippen LogP contribution in [-0.4, -0.2) is 38.2 Å². The second-order valence-corrected chi connectivity index (χ2v) is 7.61. The van der Waals surface area contributed by atoms with Crippen LogP contribution in [0.5, 0.6) is 11.5 Å². The van der Waals surface area contributed by atoms with E-state index >= 15 is 0 Å². The summed E-state index contributed by atoms with van der Waals surface area (Å²) in [5.74, 6) is 1.63. The first-order valence-corrected chi connectivity index (χ1v) is 9.60. The summed E-state index contributed by atoms with van der Waals surface area (Å²) in [4.78, 5) is 16.4. The summed E-state index contributed by atoms with van der Waals surface area (Å²) in [6, 6.07) is 5.85. The summed E-state index contributed by atoms with van der Waals surface area (Å²) in [6.07, 6.45) is 3.61. The molecule has 1 aliphatic rings. The molecule has 3 heterocycles. The van der Waals surface area contributed by atoms with Crippen molar-refractivity contribution >= 4 is 34.1 Å². The van der Waals surface area contributed by atoms with Crippen molar-refractivity contribution in [1.82, 2.24) is 19.7 Å². The summed E-state index contributed by atoms with van der Waals surface area (Å²) < 4.78 is 12.7. The average Bonchev–Trinajstić information content (AvgIpc) is 3.34. The van der Waals surface area contributed by atoms with E-state index in [4.69, 9.17) is 9.47 Å². The number of rotatable bonds is 6. The molecule has 3 aromatic rings. The van der Waals surface area contributed by atoms with Crippen molar-refractivity contribution in [3.8, 4) is 11.5 Å². The normalized spacial score (nSPS) is 12.3. The van der Waals surface area contributed by atoms with Gasteiger partial charge in [0.2, 0.25) is 17.8 Å². The van der Waals surface area contributed by atoms with Gasteiger partial charge in [0.25, 0.3) is 0 Å². The molecule has 134 valence electrons. The fourth-order valence-electron chi connectivity index (χ4n) is 2.42. The van der Waals surface area contributed by atoms with Crippen molar-refractivity contribution in [3.05, 3.63) is 41.2 Å². The van der Waals surface area contributed by atoms with Gasteiger partial charge in [-0.05, 0) is 24.6 Å². The van der Waals surface area contributed by atoms with Crippen molar-refractivity contribution < 1.29 is 14.3 Å². The molecule has 1 amide bonds. The van der Waals surface area contributed by atoms with Gasteiger partial charge >= 0.3 is 0 Å². The lowest BCUT2D eigenvalue weighted by atomic mass is 10.2. The maximum Gasteiger partial charge on any atom is 0.236 e. The Bertz CT molecular complexity index is 940. The lowest BCUT2D eigenvalue weighted by Gasteiger charge is -2.08. The quantitative estimate of drug-likeness (QED) is 0.648. The van der Waals surface area contributed by atoms with E-state index in [2.05, 4.69) is 20.5 Å². The number of carbonyl (C=O) groups excluding carboxylic acids is 1. The molecule has 4 rings (SSSR count). The number of hydrogen-bond donors (Lipinski definition) is 1. The molecule has 8 nitrogen and oxygen atoms in total. The second-order valence-electron chi connectivity index (χ2n) is 5.49. The zero-order valence-corrected chi connectivity index (χ0v) is 15.5. The molecule has 10 heteroatoms. The van der Waals surface area contributed by atoms with E-state index in [1.165, 1.54) is 23.1 Å². The van der Waals surface area contributed by atoms with Crippen LogP contribution in [0.25, 0.3) is 0 Å². The van der Waals surface area contributed by atoms with Gasteiger partial charge in [-0.1, -0.05) is 29.2 Å². The molecule has 2 aromatic heterocycles. The molecular weight excluding hydrogens is 374 g/mol. The van der Waals surface area contributed by atoms with Crippen LogP contribution in [0.1, 0.15) is 10.6 Å². The zero-order valence-electron chi connectivity index (χ0n) is 13.8. The van der Waals surface area contributed by atoms with E-state index in [0.717, 1.165) is 27.2 Å². The Hall–Kier alpha value is -2.59. The molecule has 0 atom stereocenters. The zero-order chi connectivity index (χ0) is 17.9. The van der Waals surface area contributed by atoms with Crippen molar-refractivity contribution in [3.63, 3.8) is 0 Å². The van der Waals surface area contributed by atoms with Crippen LogP contribution in [-0.2, 0) is 11.3 Å². The number of benzene rings is 1. The van der Waals surface area contributed by atoms with Crippen LogP contribution >= 0.6 is 23.1 Å². The third-order valence-electron chi connectivity index (χ3n) is 3.57. The van der Waals surface area contributed by atoms with E-state index in [1.54, 1.807) is 6.20 Å². The Labute approximate surface area is 157 Å². The van der Waals surface area contributed by atoms with Crippen LogP contribution in [0, 0.1) is 6.92 Å². The highest BCUT2D eigenvalue weighted by Gasteiger charge is 2.14. The molecule has 1 aromatic carbocycles. The van der Waals surface area contributed by atoms with Crippen LogP contribution < -0.4 is 14.8 Å². The molecule has 1 aliphatic heterocycles. The number of thioether (sulfide) groups is 1. The van der Waals surface area contributed by atoms with Crippen molar-refractivity contribution in [2.45, 2.75) is 18.6 Å². The van der Waals surface area contributed by atoms with Gasteiger partial charge in [-0.15, -0.1) is 10.2 Å². The number of carbonyl (C=O) groups is 1. The van der Waals surface area contributed by atoms with Crippen molar-refractivity contribution in [1.29, 1.82) is 0 Å². The fraction of sp³-hybridized carbons (Fsp3) is 0.250. The van der Waals surface area contributed by atoms with E-state index in [-0.39, 0.29) is 18.5 Å². The topological polar surface area (TPSA) is 91.2 Å². The van der Waals surface area contributed by atoms with Gasteiger partial charge in [0.15, 0.2) is 16.7 Å². The Morgan fingerprint density at radius 2 is 2.23 bits per heavy atom. The summed E-state index contributed by atoms with van der Waals surface area (Å²) in [5, 5.41) is 12.6. The van der Waals surface area contributed by atoms with Crippen molar-refractivity contribution in [2.24, 2.45) is 0 Å². The third kappa shape index (κ3) is 3.81. The number of aromatic nitrogens is 4. The molecule has 0 saturated carbocycles. The summed E-state index contributed by atoms with van der Waals surface area (Å²) in [7, 11) is 0. The lowest BCUT2D eigenvalue weighted by molar-refractivity contribution is -0.113. The molecule has 0 unspecified atom stereocenters. The first-order chi connectivity index (χ1) is 12.7. The number of nitrogens with one attached hydrogen (secondary N) is 1. The summed E-state index contributed by atoms with van der Waals surface area (Å²) >= 11 is 2.72. The Balaban J connectivity index is 1.37. The molecular formula is C16H15N5O3S2. The molecule has 0 saturated heterocycles. The van der Waals surface area contributed by atoms with E-state index < -0.39 is 0 Å². The molecule has 26 heavy (non-hydrogen) atoms. The first-order valence-electron chi connectivity index (χ1n) is 7.80. The maximum atomic E-state index is 12.1. The highest BCUT2D eigenvalue weighted by molar-refractivity contribution is 7.99. The van der Waals surface area contributed by atoms with E-state index in [9.17, 15) is 4.79 Å². The van der Waals surface area contributed by atoms with Crippen molar-refractivity contribution in [2.75, 3.05) is 17.9 Å². The van der Waals surface area contributed by atoms with Gasteiger partial charge in [0, 0.05) is 18.9 Å². The minimum Gasteiger partial charge on any atom is -0.454 e. The lowest BCUT2D eigenvalue weighted by Crippen LogP contribution is -2.14. The highest BCUT2D eigenvalue weighted by Crippen LogP contribution is 2.33. The Morgan fingerprint density at radius 3 is 3.08 bits per heavy atom. The predicted octanol–water partition coefficient (Wildman–Crippen LogP) is 2.55. The largest absolute Gasteiger partial charge is 0.454 e. The number of ether oxygens (including phenoxy) is 2. The number of amides is 1. The van der Waals surface area contributed by atoms with Gasteiger partial charge in [0.1, 0.15) is 5.01 Å². The number of hydrogen-bond acceptors (Lipinski definition) is 8. The highest BCUT2D eigenvalue weighted by atomic mass is 32.2. The SMILES string of the molecule is Cc1nnc(NC(=O)CSc2nccn2Cc2ccc3c(c2)OCO3)s1. The second kappa shape index (κ2) is 7.34. The van der Waals surface area contributed by atoms with Crippen LogP contribution in [0.4, 0.5) is 5.13 Å². The van der Waals surface area contributed by atoms with Crippen LogP contribution in [0.3, 0.4) is 0 Å². The standard InChI is InChI=1S/C16H15N5O3S2/c1-10-19-20-15(26-10)18-14(22)8-25-16-17-4-5-21(16)7-11-2-3-12-13(6-11)24-9-23-12/h2-6H,7-9H2,1H3,(H,18,20,22). The van der Waals surface area contributed by atoms with Gasteiger partial charge in [-0.25, -0.2) is 4.98 Å². The number of fused-ring (bicyclic) bond motifs is 1. The predicted molar refractivity (Wildman–Crippen MR) is 97.9 cm³/mol. The molecule has 0 fully saturated rings. The minimum absolute atomic E-state index is 0.135. The van der Waals surface area contributed by atoms with Crippen LogP contribution in [0.15, 0.2) is 35.7 Å². The van der Waals surface area contributed by atoms with Gasteiger partial charge < -0.3 is 14.0 Å². The average molecular weight is 389 g/mol. The number of imidazole rings is 1.